The van der Waals surface area contributed by atoms with Gasteiger partial charge in [0.2, 0.25) is 0 Å². The van der Waals surface area contributed by atoms with Gasteiger partial charge in [0.05, 0.1) is 0 Å². The average Bonchev–Trinajstić information content (AvgIpc) is 2.58. The summed E-state index contributed by atoms with van der Waals surface area (Å²) in [4.78, 5) is 0. The van der Waals surface area contributed by atoms with Crippen LogP contribution in [-0.2, 0) is 13.0 Å². The molecule has 0 saturated heterocycles. The zero-order valence-corrected chi connectivity index (χ0v) is 9.40. The number of hydrogen-bond acceptors (Lipinski definition) is 1. The number of aryl methyl sites for hydroxylation is 1. The second-order valence-electron chi connectivity index (χ2n) is 4.18. The van der Waals surface area contributed by atoms with Gasteiger partial charge in [-0.05, 0) is 49.4 Å². The minimum atomic E-state index is 0.232. The van der Waals surface area contributed by atoms with Gasteiger partial charge in [-0.25, -0.2) is 0 Å². The van der Waals surface area contributed by atoms with Crippen LogP contribution in [0.3, 0.4) is 0 Å². The van der Waals surface area contributed by atoms with Crippen molar-refractivity contribution >= 4 is 10.9 Å². The summed E-state index contributed by atoms with van der Waals surface area (Å²) < 4.78 is 2.25. The van der Waals surface area contributed by atoms with Crippen molar-refractivity contribution in [1.29, 1.82) is 0 Å². The molecular weight excluding hydrogens is 184 g/mol. The molecule has 15 heavy (non-hydrogen) atoms. The van der Waals surface area contributed by atoms with Gasteiger partial charge in [-0.1, -0.05) is 6.07 Å². The Hall–Kier alpha value is -1.28. The number of aromatic nitrogens is 1. The Bertz CT molecular complexity index is 455. The first-order valence-electron chi connectivity index (χ1n) is 5.54. The average molecular weight is 202 g/mol. The molecule has 1 unspecified atom stereocenters. The Morgan fingerprint density at radius 3 is 2.80 bits per heavy atom. The van der Waals surface area contributed by atoms with Crippen molar-refractivity contribution in [3.63, 3.8) is 0 Å². The number of fused-ring (bicyclic) bond motifs is 1. The Morgan fingerprint density at radius 1 is 1.33 bits per heavy atom. The molecule has 0 amide bonds. The van der Waals surface area contributed by atoms with E-state index >= 15 is 0 Å². The molecule has 0 bridgehead atoms. The van der Waals surface area contributed by atoms with E-state index in [1.54, 1.807) is 0 Å². The third-order valence-electron chi connectivity index (χ3n) is 2.73. The second-order valence-corrected chi connectivity index (χ2v) is 4.18. The van der Waals surface area contributed by atoms with Crippen LogP contribution < -0.4 is 5.73 Å². The Kier molecular flexibility index (Phi) is 2.78. The fraction of sp³-hybridized carbons (Fsp3) is 0.385. The third-order valence-corrected chi connectivity index (χ3v) is 2.73. The Labute approximate surface area is 90.7 Å². The summed E-state index contributed by atoms with van der Waals surface area (Å²) in [6.07, 6.45) is 3.09. The number of rotatable bonds is 3. The van der Waals surface area contributed by atoms with Gasteiger partial charge in [-0.2, -0.15) is 0 Å². The molecule has 2 N–H and O–H groups in total. The SMILES string of the molecule is CCn1ccc2cc(CC(C)N)ccc21. The molecule has 0 aliphatic rings. The predicted octanol–water partition coefficient (Wildman–Crippen LogP) is 2.55. The van der Waals surface area contributed by atoms with Crippen LogP contribution >= 0.6 is 0 Å². The van der Waals surface area contributed by atoms with Gasteiger partial charge in [0.1, 0.15) is 0 Å². The van der Waals surface area contributed by atoms with Crippen LogP contribution in [0.25, 0.3) is 10.9 Å². The molecule has 1 aromatic carbocycles. The van der Waals surface area contributed by atoms with E-state index in [2.05, 4.69) is 42.0 Å². The van der Waals surface area contributed by atoms with E-state index in [9.17, 15) is 0 Å². The summed E-state index contributed by atoms with van der Waals surface area (Å²) in [5, 5.41) is 1.31. The summed E-state index contributed by atoms with van der Waals surface area (Å²) >= 11 is 0. The van der Waals surface area contributed by atoms with Crippen molar-refractivity contribution in [2.75, 3.05) is 0 Å². The number of benzene rings is 1. The first kappa shape index (κ1) is 10.2. The summed E-state index contributed by atoms with van der Waals surface area (Å²) in [7, 11) is 0. The molecule has 0 aliphatic carbocycles. The third kappa shape index (κ3) is 2.05. The van der Waals surface area contributed by atoms with Crippen molar-refractivity contribution in [2.24, 2.45) is 5.73 Å². The van der Waals surface area contributed by atoms with Crippen molar-refractivity contribution < 1.29 is 0 Å². The molecule has 80 valence electrons. The molecule has 1 atom stereocenters. The number of nitrogens with two attached hydrogens (primary N) is 1. The topological polar surface area (TPSA) is 30.9 Å². The van der Waals surface area contributed by atoms with Crippen LogP contribution in [0.5, 0.6) is 0 Å². The van der Waals surface area contributed by atoms with E-state index < -0.39 is 0 Å². The second kappa shape index (κ2) is 4.07. The predicted molar refractivity (Wildman–Crippen MR) is 65.0 cm³/mol. The maximum atomic E-state index is 5.79. The van der Waals surface area contributed by atoms with Crippen LogP contribution in [0.4, 0.5) is 0 Å². The standard InChI is InChI=1S/C13H18N2/c1-3-15-7-6-12-9-11(8-10(2)14)4-5-13(12)15/h4-7,9-10H,3,8,14H2,1-2H3. The molecule has 0 aliphatic heterocycles. The molecule has 0 saturated carbocycles. The lowest BCUT2D eigenvalue weighted by molar-refractivity contribution is 0.738. The van der Waals surface area contributed by atoms with E-state index in [0.29, 0.717) is 0 Å². The molecule has 2 heteroatoms. The van der Waals surface area contributed by atoms with Crippen molar-refractivity contribution in [3.8, 4) is 0 Å². The zero-order chi connectivity index (χ0) is 10.8. The van der Waals surface area contributed by atoms with Crippen molar-refractivity contribution in [2.45, 2.75) is 32.9 Å². The molecular formula is C13H18N2. The van der Waals surface area contributed by atoms with E-state index in [1.165, 1.54) is 16.5 Å². The molecule has 1 aromatic heterocycles. The maximum absolute atomic E-state index is 5.79. The van der Waals surface area contributed by atoms with Gasteiger partial charge in [0.15, 0.2) is 0 Å². The highest BCUT2D eigenvalue weighted by molar-refractivity contribution is 5.80. The minimum absolute atomic E-state index is 0.232. The first-order valence-corrected chi connectivity index (χ1v) is 5.54. The van der Waals surface area contributed by atoms with Crippen molar-refractivity contribution in [3.05, 3.63) is 36.0 Å². The van der Waals surface area contributed by atoms with E-state index in [4.69, 9.17) is 5.73 Å². The summed E-state index contributed by atoms with van der Waals surface area (Å²) in [6, 6.07) is 9.01. The summed E-state index contributed by atoms with van der Waals surface area (Å²) in [5.41, 5.74) is 8.43. The Morgan fingerprint density at radius 2 is 2.13 bits per heavy atom. The number of hydrogen-bond donors (Lipinski definition) is 1. The monoisotopic (exact) mass is 202 g/mol. The van der Waals surface area contributed by atoms with Gasteiger partial charge in [-0.3, -0.25) is 0 Å². The van der Waals surface area contributed by atoms with Gasteiger partial charge in [-0.15, -0.1) is 0 Å². The zero-order valence-electron chi connectivity index (χ0n) is 9.40. The van der Waals surface area contributed by atoms with Crippen LogP contribution in [0.15, 0.2) is 30.5 Å². The van der Waals surface area contributed by atoms with Gasteiger partial charge < -0.3 is 10.3 Å². The Balaban J connectivity index is 2.39. The largest absolute Gasteiger partial charge is 0.348 e. The summed E-state index contributed by atoms with van der Waals surface area (Å²) in [5.74, 6) is 0. The molecule has 1 heterocycles. The normalized spacial score (nSPS) is 13.3. The molecule has 0 radical (unpaired) electrons. The maximum Gasteiger partial charge on any atom is 0.0480 e. The van der Waals surface area contributed by atoms with E-state index in [-0.39, 0.29) is 6.04 Å². The minimum Gasteiger partial charge on any atom is -0.348 e. The van der Waals surface area contributed by atoms with Crippen LogP contribution in [-0.4, -0.2) is 10.6 Å². The van der Waals surface area contributed by atoms with Gasteiger partial charge in [0.25, 0.3) is 0 Å². The summed E-state index contributed by atoms with van der Waals surface area (Å²) in [6.45, 7) is 5.23. The smallest absolute Gasteiger partial charge is 0.0480 e. The highest BCUT2D eigenvalue weighted by Gasteiger charge is 2.02. The molecule has 2 aromatic rings. The van der Waals surface area contributed by atoms with Gasteiger partial charge in [0, 0.05) is 24.3 Å². The van der Waals surface area contributed by atoms with Crippen molar-refractivity contribution in [1.82, 2.24) is 4.57 Å². The van der Waals surface area contributed by atoms with Gasteiger partial charge >= 0.3 is 0 Å². The lowest BCUT2D eigenvalue weighted by atomic mass is 10.1. The quantitative estimate of drug-likeness (QED) is 0.814. The lowest BCUT2D eigenvalue weighted by Gasteiger charge is -2.06. The van der Waals surface area contributed by atoms with E-state index in [0.717, 1.165) is 13.0 Å². The van der Waals surface area contributed by atoms with Crippen LogP contribution in [0.2, 0.25) is 0 Å². The number of nitrogens with zero attached hydrogens (tertiary/aromatic N) is 1. The molecule has 0 spiro atoms. The highest BCUT2D eigenvalue weighted by Crippen LogP contribution is 2.18. The highest BCUT2D eigenvalue weighted by atomic mass is 14.9. The fourth-order valence-electron chi connectivity index (χ4n) is 2.02. The van der Waals surface area contributed by atoms with Crippen LogP contribution in [0, 0.1) is 0 Å². The van der Waals surface area contributed by atoms with E-state index in [1.807, 2.05) is 6.92 Å². The molecule has 2 nitrogen and oxygen atoms in total. The van der Waals surface area contributed by atoms with Crippen LogP contribution in [0.1, 0.15) is 19.4 Å². The molecule has 0 fully saturated rings. The lowest BCUT2D eigenvalue weighted by Crippen LogP contribution is -2.17. The first-order chi connectivity index (χ1) is 7.20. The fourth-order valence-corrected chi connectivity index (χ4v) is 2.02. The molecule has 2 rings (SSSR count).